The van der Waals surface area contributed by atoms with Gasteiger partial charge < -0.3 is 15.0 Å². The molecule has 0 bridgehead atoms. The molecule has 0 aromatic heterocycles. The van der Waals surface area contributed by atoms with Gasteiger partial charge in [-0.2, -0.15) is 8.78 Å². The molecule has 1 aliphatic heterocycles. The highest BCUT2D eigenvalue weighted by atomic mass is 32.2. The van der Waals surface area contributed by atoms with Gasteiger partial charge >= 0.3 is 5.97 Å². The zero-order valence-corrected chi connectivity index (χ0v) is 18.6. The van der Waals surface area contributed by atoms with Gasteiger partial charge in [-0.1, -0.05) is 18.7 Å². The van der Waals surface area contributed by atoms with E-state index in [0.29, 0.717) is 47.0 Å². The maximum atomic E-state index is 12.4. The number of esters is 1. The lowest BCUT2D eigenvalue weighted by atomic mass is 9.99. The first kappa shape index (κ1) is 24.4. The van der Waals surface area contributed by atoms with Gasteiger partial charge in [0.05, 0.1) is 10.5 Å². The first-order valence-corrected chi connectivity index (χ1v) is 11.2. The summed E-state index contributed by atoms with van der Waals surface area (Å²) >= 11 is 0.385. The van der Waals surface area contributed by atoms with Crippen LogP contribution in [0.2, 0.25) is 0 Å². The number of nitro groups is 1. The van der Waals surface area contributed by atoms with Crippen molar-refractivity contribution >= 4 is 40.7 Å². The van der Waals surface area contributed by atoms with Crippen molar-refractivity contribution in [2.24, 2.45) is 5.92 Å². The molecule has 8 nitrogen and oxygen atoms in total. The minimum absolute atomic E-state index is 0.0308. The number of piperidine rings is 1. The molecule has 33 heavy (non-hydrogen) atoms. The van der Waals surface area contributed by atoms with Crippen LogP contribution in [0.4, 0.5) is 25.8 Å². The summed E-state index contributed by atoms with van der Waals surface area (Å²) in [7, 11) is 0. The lowest BCUT2D eigenvalue weighted by Gasteiger charge is -2.32. The van der Waals surface area contributed by atoms with Gasteiger partial charge in [-0.25, -0.2) is 4.79 Å². The Morgan fingerprint density at radius 2 is 2.00 bits per heavy atom. The van der Waals surface area contributed by atoms with Crippen LogP contribution < -0.4 is 10.2 Å². The molecule has 2 aromatic rings. The maximum Gasteiger partial charge on any atom is 0.338 e. The maximum absolute atomic E-state index is 12.4. The van der Waals surface area contributed by atoms with Gasteiger partial charge in [-0.05, 0) is 55.2 Å². The average molecular weight is 480 g/mol. The Bertz CT molecular complexity index is 1020. The molecule has 176 valence electrons. The highest BCUT2D eigenvalue weighted by molar-refractivity contribution is 7.99. The molecule has 0 saturated carbocycles. The molecule has 2 aromatic carbocycles. The van der Waals surface area contributed by atoms with Gasteiger partial charge in [0.1, 0.15) is 5.69 Å². The number of nitrogens with one attached hydrogen (secondary N) is 1. The monoisotopic (exact) mass is 479 g/mol. The van der Waals surface area contributed by atoms with Gasteiger partial charge in [0.15, 0.2) is 6.61 Å². The standard InChI is InChI=1S/C22H23F2N3O5S/c1-14-3-2-10-26(12-14)18-9-4-15(11-19(18)27(30)31)21(29)32-13-20(28)25-16-5-7-17(8-6-16)33-22(23)24/h4-9,11,14,22H,2-3,10,12-13H2,1H3,(H,25,28)/t14-/m1/s1. The van der Waals surface area contributed by atoms with E-state index in [2.05, 4.69) is 12.2 Å². The van der Waals surface area contributed by atoms with E-state index in [1.807, 2.05) is 4.90 Å². The third-order valence-corrected chi connectivity index (χ3v) is 5.83. The number of nitro benzene ring substituents is 1. The summed E-state index contributed by atoms with van der Waals surface area (Å²) in [5.74, 6) is -3.62. The molecule has 1 amide bonds. The Hall–Kier alpha value is -3.21. The molecule has 1 saturated heterocycles. The van der Waals surface area contributed by atoms with Gasteiger partial charge in [0, 0.05) is 29.7 Å². The van der Waals surface area contributed by atoms with Crippen molar-refractivity contribution in [1.29, 1.82) is 0 Å². The summed E-state index contributed by atoms with van der Waals surface area (Å²) < 4.78 is 29.7. The van der Waals surface area contributed by atoms with Crippen LogP contribution >= 0.6 is 11.8 Å². The fourth-order valence-electron chi connectivity index (χ4n) is 3.60. The lowest BCUT2D eigenvalue weighted by Crippen LogP contribution is -2.34. The van der Waals surface area contributed by atoms with Crippen molar-refractivity contribution in [1.82, 2.24) is 0 Å². The van der Waals surface area contributed by atoms with Crippen molar-refractivity contribution in [3.05, 3.63) is 58.1 Å². The molecule has 0 unspecified atom stereocenters. The average Bonchev–Trinajstić information content (AvgIpc) is 2.78. The number of halogens is 2. The van der Waals surface area contributed by atoms with Gasteiger partial charge in [0.25, 0.3) is 17.4 Å². The normalized spacial score (nSPS) is 15.9. The van der Waals surface area contributed by atoms with E-state index in [4.69, 9.17) is 4.74 Å². The van der Waals surface area contributed by atoms with Crippen LogP contribution in [-0.2, 0) is 9.53 Å². The molecule has 3 rings (SSSR count). The predicted octanol–water partition coefficient (Wildman–Crippen LogP) is 4.94. The zero-order chi connectivity index (χ0) is 24.0. The van der Waals surface area contributed by atoms with Crippen LogP contribution in [0.1, 0.15) is 30.1 Å². The number of ether oxygens (including phenoxy) is 1. The molecule has 1 heterocycles. The number of carbonyl (C=O) groups excluding carboxylic acids is 2. The Morgan fingerprint density at radius 3 is 2.64 bits per heavy atom. The number of nitrogens with zero attached hydrogens (tertiary/aromatic N) is 2. The predicted molar refractivity (Wildman–Crippen MR) is 121 cm³/mol. The summed E-state index contributed by atoms with van der Waals surface area (Å²) in [6.07, 6.45) is 2.00. The fraction of sp³-hybridized carbons (Fsp3) is 0.364. The van der Waals surface area contributed by atoms with Crippen LogP contribution in [0.25, 0.3) is 0 Å². The molecule has 1 aliphatic rings. The fourth-order valence-corrected chi connectivity index (χ4v) is 4.10. The van der Waals surface area contributed by atoms with Crippen LogP contribution in [0, 0.1) is 16.0 Å². The number of benzene rings is 2. The Morgan fingerprint density at radius 1 is 1.27 bits per heavy atom. The largest absolute Gasteiger partial charge is 0.452 e. The highest BCUT2D eigenvalue weighted by Crippen LogP contribution is 2.32. The minimum atomic E-state index is -2.54. The van der Waals surface area contributed by atoms with Crippen LogP contribution in [-0.4, -0.2) is 42.3 Å². The lowest BCUT2D eigenvalue weighted by molar-refractivity contribution is -0.384. The number of hydrogen-bond acceptors (Lipinski definition) is 7. The topological polar surface area (TPSA) is 102 Å². The Labute approximate surface area is 193 Å². The molecule has 0 radical (unpaired) electrons. The van der Waals surface area contributed by atoms with E-state index in [1.54, 1.807) is 0 Å². The smallest absolute Gasteiger partial charge is 0.338 e. The quantitative estimate of drug-likeness (QED) is 0.248. The van der Waals surface area contributed by atoms with Crippen LogP contribution in [0.3, 0.4) is 0 Å². The van der Waals surface area contributed by atoms with E-state index in [-0.39, 0.29) is 11.3 Å². The van der Waals surface area contributed by atoms with Crippen LogP contribution in [0.15, 0.2) is 47.4 Å². The number of anilines is 2. The van der Waals surface area contributed by atoms with E-state index >= 15 is 0 Å². The molecule has 1 N–H and O–H groups in total. The first-order valence-electron chi connectivity index (χ1n) is 10.3. The second-order valence-electron chi connectivity index (χ2n) is 7.68. The second-order valence-corrected chi connectivity index (χ2v) is 8.74. The molecule has 0 aliphatic carbocycles. The first-order chi connectivity index (χ1) is 15.7. The Kier molecular flexibility index (Phi) is 8.21. The van der Waals surface area contributed by atoms with Gasteiger partial charge in [0.2, 0.25) is 0 Å². The number of amides is 1. The third kappa shape index (κ3) is 6.88. The zero-order valence-electron chi connectivity index (χ0n) is 17.8. The SMILES string of the molecule is C[C@@H]1CCCN(c2ccc(C(=O)OCC(=O)Nc3ccc(SC(F)F)cc3)cc2[N+](=O)[O-])C1. The van der Waals surface area contributed by atoms with E-state index in [1.165, 1.54) is 36.4 Å². The van der Waals surface area contributed by atoms with E-state index in [0.717, 1.165) is 18.9 Å². The summed E-state index contributed by atoms with van der Waals surface area (Å²) in [6.45, 7) is 2.89. The highest BCUT2D eigenvalue weighted by Gasteiger charge is 2.25. The van der Waals surface area contributed by atoms with E-state index in [9.17, 15) is 28.5 Å². The summed E-state index contributed by atoms with van der Waals surface area (Å²) in [5, 5.41) is 14.1. The molecular weight excluding hydrogens is 456 g/mol. The number of rotatable bonds is 8. The molecule has 1 atom stereocenters. The number of thioether (sulfide) groups is 1. The van der Waals surface area contributed by atoms with Crippen molar-refractivity contribution in [3.8, 4) is 0 Å². The number of alkyl halides is 2. The van der Waals surface area contributed by atoms with Gasteiger partial charge in [-0.3, -0.25) is 14.9 Å². The third-order valence-electron chi connectivity index (χ3n) is 5.10. The second kappa shape index (κ2) is 11.1. The van der Waals surface area contributed by atoms with Gasteiger partial charge in [-0.15, -0.1) is 0 Å². The van der Waals surface area contributed by atoms with Crippen molar-refractivity contribution in [3.63, 3.8) is 0 Å². The molecule has 11 heteroatoms. The van der Waals surface area contributed by atoms with Crippen molar-refractivity contribution < 1.29 is 28.0 Å². The summed E-state index contributed by atoms with van der Waals surface area (Å²) in [6, 6.07) is 9.91. The van der Waals surface area contributed by atoms with Crippen molar-refractivity contribution in [2.45, 2.75) is 30.4 Å². The minimum Gasteiger partial charge on any atom is -0.452 e. The molecule has 1 fully saturated rings. The van der Waals surface area contributed by atoms with E-state index < -0.39 is 29.2 Å². The van der Waals surface area contributed by atoms with Crippen molar-refractivity contribution in [2.75, 3.05) is 29.9 Å². The molecular formula is C22H23F2N3O5S. The number of hydrogen-bond donors (Lipinski definition) is 1. The summed E-state index contributed by atoms with van der Waals surface area (Å²) in [4.78, 5) is 37.7. The number of carbonyl (C=O) groups is 2. The summed E-state index contributed by atoms with van der Waals surface area (Å²) in [5.41, 5.74) is 0.584. The molecule has 0 spiro atoms. The van der Waals surface area contributed by atoms with Crippen LogP contribution in [0.5, 0.6) is 0 Å². The Balaban J connectivity index is 1.59.